The van der Waals surface area contributed by atoms with Crippen molar-refractivity contribution in [2.45, 2.75) is 11.8 Å². The van der Waals surface area contributed by atoms with Crippen LogP contribution >= 0.6 is 0 Å². The molecule has 0 saturated heterocycles. The fraction of sp³-hybridized carbons (Fsp3) is 0.231. The van der Waals surface area contributed by atoms with E-state index < -0.39 is 10.0 Å². The molecule has 0 fully saturated rings. The summed E-state index contributed by atoms with van der Waals surface area (Å²) in [5.41, 5.74) is 1.51. The summed E-state index contributed by atoms with van der Waals surface area (Å²) in [4.78, 5) is 7.93. The summed E-state index contributed by atoms with van der Waals surface area (Å²) in [6.45, 7) is 1.86. The summed E-state index contributed by atoms with van der Waals surface area (Å²) in [5.74, 6) is 0.377. The van der Waals surface area contributed by atoms with Gasteiger partial charge in [0, 0.05) is 14.1 Å². The van der Waals surface area contributed by atoms with E-state index in [2.05, 4.69) is 15.3 Å². The van der Waals surface area contributed by atoms with Crippen LogP contribution in [0.2, 0.25) is 0 Å². The second-order valence-electron chi connectivity index (χ2n) is 4.25. The first-order valence-electron chi connectivity index (χ1n) is 6.01. The van der Waals surface area contributed by atoms with Gasteiger partial charge in [0.05, 0.1) is 18.1 Å². The van der Waals surface area contributed by atoms with Gasteiger partial charge in [0.2, 0.25) is 5.95 Å². The molecule has 1 heterocycles. The van der Waals surface area contributed by atoms with E-state index in [1.807, 2.05) is 19.1 Å². The van der Waals surface area contributed by atoms with Crippen LogP contribution in [-0.2, 0) is 10.0 Å². The van der Waals surface area contributed by atoms with Crippen LogP contribution in [0.3, 0.4) is 0 Å². The van der Waals surface area contributed by atoms with Gasteiger partial charge in [-0.05, 0) is 18.6 Å². The topological polar surface area (TPSA) is 75.2 Å². The van der Waals surface area contributed by atoms with E-state index in [1.54, 1.807) is 19.2 Å². The molecule has 1 aromatic carbocycles. The number of para-hydroxylation sites is 1. The first kappa shape index (κ1) is 14.3. The number of anilines is 2. The molecule has 0 aliphatic rings. The Morgan fingerprint density at radius 3 is 2.30 bits per heavy atom. The summed E-state index contributed by atoms with van der Waals surface area (Å²) in [6.07, 6.45) is 2.59. The van der Waals surface area contributed by atoms with Crippen molar-refractivity contribution in [1.82, 2.24) is 9.97 Å². The zero-order valence-corrected chi connectivity index (χ0v) is 12.3. The molecule has 0 radical (unpaired) electrons. The lowest BCUT2D eigenvalue weighted by atomic mass is 10.2. The highest BCUT2D eigenvalue weighted by Crippen LogP contribution is 2.24. The molecule has 0 bridgehead atoms. The summed E-state index contributed by atoms with van der Waals surface area (Å²) in [7, 11) is -0.472. The average molecular weight is 292 g/mol. The molecule has 0 saturated carbocycles. The van der Waals surface area contributed by atoms with E-state index in [4.69, 9.17) is 0 Å². The summed E-state index contributed by atoms with van der Waals surface area (Å²) in [5, 5.41) is 2.74. The van der Waals surface area contributed by atoms with Crippen LogP contribution in [0, 0.1) is 6.92 Å². The minimum absolute atomic E-state index is 0.0576. The van der Waals surface area contributed by atoms with Gasteiger partial charge < -0.3 is 5.32 Å². The Hall–Kier alpha value is -2.15. The van der Waals surface area contributed by atoms with Gasteiger partial charge >= 0.3 is 0 Å². The van der Waals surface area contributed by atoms with Gasteiger partial charge in [-0.2, -0.15) is 0 Å². The molecule has 0 amide bonds. The van der Waals surface area contributed by atoms with Gasteiger partial charge in [-0.1, -0.05) is 18.2 Å². The van der Waals surface area contributed by atoms with E-state index in [9.17, 15) is 8.42 Å². The molecule has 2 rings (SSSR count). The molecular weight excluding hydrogens is 276 g/mol. The van der Waals surface area contributed by atoms with Gasteiger partial charge in [-0.15, -0.1) is 0 Å². The third kappa shape index (κ3) is 2.57. The Morgan fingerprint density at radius 2 is 1.75 bits per heavy atom. The molecule has 0 aliphatic carbocycles. The molecule has 0 spiro atoms. The molecular formula is C13H16N4O2S. The van der Waals surface area contributed by atoms with Crippen molar-refractivity contribution in [2.24, 2.45) is 0 Å². The van der Waals surface area contributed by atoms with Crippen molar-refractivity contribution < 1.29 is 8.42 Å². The monoisotopic (exact) mass is 292 g/mol. The Balaban J connectivity index is 2.41. The second-order valence-corrected chi connectivity index (χ2v) is 6.22. The molecule has 6 nitrogen and oxygen atoms in total. The molecule has 1 N–H and O–H groups in total. The predicted molar refractivity (Wildman–Crippen MR) is 78.3 cm³/mol. The fourth-order valence-corrected chi connectivity index (χ4v) is 2.93. The first-order valence-corrected chi connectivity index (χ1v) is 7.45. The van der Waals surface area contributed by atoms with E-state index in [-0.39, 0.29) is 4.90 Å². The van der Waals surface area contributed by atoms with Crippen LogP contribution in [0.5, 0.6) is 0 Å². The normalized spacial score (nSPS) is 11.2. The summed E-state index contributed by atoms with van der Waals surface area (Å²) < 4.78 is 26.3. The minimum atomic E-state index is -3.66. The third-order valence-corrected chi connectivity index (χ3v) is 4.69. The zero-order valence-electron chi connectivity index (χ0n) is 11.5. The average Bonchev–Trinajstić information content (AvgIpc) is 2.47. The highest BCUT2D eigenvalue weighted by Gasteiger charge is 2.23. The second kappa shape index (κ2) is 5.46. The number of aryl methyl sites for hydroxylation is 1. The Bertz CT molecular complexity index is 699. The van der Waals surface area contributed by atoms with Crippen molar-refractivity contribution in [2.75, 3.05) is 23.7 Å². The molecule has 1 aromatic heterocycles. The van der Waals surface area contributed by atoms with Crippen LogP contribution in [0.4, 0.5) is 11.6 Å². The lowest BCUT2D eigenvalue weighted by Crippen LogP contribution is -2.27. The van der Waals surface area contributed by atoms with Crippen molar-refractivity contribution in [3.05, 3.63) is 42.2 Å². The van der Waals surface area contributed by atoms with Crippen molar-refractivity contribution in [1.29, 1.82) is 0 Å². The van der Waals surface area contributed by atoms with Crippen LogP contribution in [-0.4, -0.2) is 32.5 Å². The van der Waals surface area contributed by atoms with Crippen LogP contribution < -0.4 is 9.62 Å². The Labute approximate surface area is 118 Å². The largest absolute Gasteiger partial charge is 0.357 e. The summed E-state index contributed by atoms with van der Waals surface area (Å²) in [6, 6.07) is 7.29. The number of rotatable bonds is 4. The highest BCUT2D eigenvalue weighted by molar-refractivity contribution is 7.92. The maximum Gasteiger partial charge on any atom is 0.267 e. The van der Waals surface area contributed by atoms with Crippen LogP contribution in [0.25, 0.3) is 0 Å². The molecule has 20 heavy (non-hydrogen) atoms. The number of hydrogen-bond acceptors (Lipinski definition) is 5. The van der Waals surface area contributed by atoms with E-state index in [1.165, 1.54) is 23.7 Å². The van der Waals surface area contributed by atoms with E-state index in [0.29, 0.717) is 11.6 Å². The van der Waals surface area contributed by atoms with Gasteiger partial charge in [0.15, 0.2) is 0 Å². The standard InChI is InChI=1S/C13H16N4O2S/c1-10-6-4-5-7-12(10)17(3)20(18,19)11-8-15-13(14-2)16-9-11/h4-9H,1-3H3,(H,14,15,16). The number of sulfonamides is 1. The van der Waals surface area contributed by atoms with E-state index >= 15 is 0 Å². The fourth-order valence-electron chi connectivity index (χ4n) is 1.78. The summed E-state index contributed by atoms with van der Waals surface area (Å²) >= 11 is 0. The molecule has 106 valence electrons. The van der Waals surface area contributed by atoms with Crippen molar-refractivity contribution in [3.8, 4) is 0 Å². The van der Waals surface area contributed by atoms with Gasteiger partial charge in [0.25, 0.3) is 10.0 Å². The predicted octanol–water partition coefficient (Wildman–Crippen LogP) is 1.65. The number of nitrogens with zero attached hydrogens (tertiary/aromatic N) is 3. The smallest absolute Gasteiger partial charge is 0.267 e. The first-order chi connectivity index (χ1) is 9.46. The zero-order chi connectivity index (χ0) is 14.8. The van der Waals surface area contributed by atoms with Crippen LogP contribution in [0.1, 0.15) is 5.56 Å². The number of aromatic nitrogens is 2. The number of benzene rings is 1. The SMILES string of the molecule is CNc1ncc(S(=O)(=O)N(C)c2ccccc2C)cn1. The third-order valence-electron chi connectivity index (χ3n) is 2.96. The molecule has 0 aliphatic heterocycles. The molecule has 0 unspecified atom stereocenters. The van der Waals surface area contributed by atoms with Crippen LogP contribution in [0.15, 0.2) is 41.6 Å². The van der Waals surface area contributed by atoms with E-state index in [0.717, 1.165) is 5.56 Å². The number of nitrogens with one attached hydrogen (secondary N) is 1. The quantitative estimate of drug-likeness (QED) is 0.927. The molecule has 0 atom stereocenters. The molecule has 7 heteroatoms. The molecule has 2 aromatic rings. The maximum atomic E-state index is 12.5. The Morgan fingerprint density at radius 1 is 1.15 bits per heavy atom. The Kier molecular flexibility index (Phi) is 3.89. The minimum Gasteiger partial charge on any atom is -0.357 e. The van der Waals surface area contributed by atoms with Crippen molar-refractivity contribution in [3.63, 3.8) is 0 Å². The lowest BCUT2D eigenvalue weighted by molar-refractivity contribution is 0.593. The van der Waals surface area contributed by atoms with Gasteiger partial charge in [-0.25, -0.2) is 18.4 Å². The lowest BCUT2D eigenvalue weighted by Gasteiger charge is -2.21. The highest BCUT2D eigenvalue weighted by atomic mass is 32.2. The maximum absolute atomic E-state index is 12.5. The van der Waals surface area contributed by atoms with Crippen molar-refractivity contribution >= 4 is 21.7 Å². The number of hydrogen-bond donors (Lipinski definition) is 1. The van der Waals surface area contributed by atoms with Gasteiger partial charge in [0.1, 0.15) is 4.90 Å². The van der Waals surface area contributed by atoms with Gasteiger partial charge in [-0.3, -0.25) is 4.31 Å².